The van der Waals surface area contributed by atoms with Crippen molar-refractivity contribution in [1.82, 2.24) is 9.13 Å². The number of hydrogen-bond donors (Lipinski definition) is 0. The molecule has 0 bridgehead atoms. The molecule has 0 amide bonds. The second-order valence-electron chi connectivity index (χ2n) is 15.9. The molecule has 0 aliphatic heterocycles. The molecule has 0 N–H and O–H groups in total. The van der Waals surface area contributed by atoms with E-state index in [-0.39, 0.29) is 0 Å². The highest BCUT2D eigenvalue weighted by atomic mass is 28.3. The van der Waals surface area contributed by atoms with E-state index in [2.05, 4.69) is 209 Å². The molecule has 274 valence electrons. The minimum Gasteiger partial charge on any atom is -0.309 e. The van der Waals surface area contributed by atoms with Crippen LogP contribution in [0.4, 0.5) is 0 Å². The summed E-state index contributed by atoms with van der Waals surface area (Å²) < 4.78 is 5.07. The normalized spacial score (nSPS) is 13.9. The van der Waals surface area contributed by atoms with E-state index in [4.69, 9.17) is 0 Å². The first-order chi connectivity index (χ1) is 28.3. The molecule has 0 unspecified atom stereocenters. The number of para-hydroxylation sites is 2. The number of benzene rings is 8. The Morgan fingerprint density at radius 1 is 0.368 bits per heavy atom. The second kappa shape index (κ2) is 13.9. The minimum absolute atomic E-state index is 0.616. The molecular formula is C54H44N2Si. The van der Waals surface area contributed by atoms with Gasteiger partial charge in [0.05, 0.1) is 27.8 Å². The van der Waals surface area contributed by atoms with Gasteiger partial charge in [-0.1, -0.05) is 177 Å². The van der Waals surface area contributed by atoms with Gasteiger partial charge in [-0.25, -0.2) is 0 Å². The molecule has 2 heterocycles. The van der Waals surface area contributed by atoms with Crippen LogP contribution in [0, 0.1) is 0 Å². The molecule has 2 aromatic heterocycles. The van der Waals surface area contributed by atoms with Crippen LogP contribution in [-0.4, -0.2) is 17.2 Å². The van der Waals surface area contributed by atoms with Crippen molar-refractivity contribution in [3.63, 3.8) is 0 Å². The van der Waals surface area contributed by atoms with Crippen LogP contribution in [0.1, 0.15) is 43.6 Å². The summed E-state index contributed by atoms with van der Waals surface area (Å²) in [6.45, 7) is 0. The van der Waals surface area contributed by atoms with Crippen LogP contribution in [0.2, 0.25) is 0 Å². The van der Waals surface area contributed by atoms with Crippen molar-refractivity contribution in [1.29, 1.82) is 0 Å². The third-order valence-electron chi connectivity index (χ3n) is 12.8. The summed E-state index contributed by atoms with van der Waals surface area (Å²) in [7, 11) is -2.73. The Morgan fingerprint density at radius 3 is 1.47 bits per heavy atom. The van der Waals surface area contributed by atoms with Crippen molar-refractivity contribution in [2.45, 2.75) is 38.0 Å². The number of fused-ring (bicyclic) bond motifs is 6. The van der Waals surface area contributed by atoms with Gasteiger partial charge in [0, 0.05) is 27.2 Å². The fourth-order valence-electron chi connectivity index (χ4n) is 10.5. The lowest BCUT2D eigenvalue weighted by Crippen LogP contribution is -2.74. The van der Waals surface area contributed by atoms with Crippen LogP contribution in [0.5, 0.6) is 0 Å². The monoisotopic (exact) mass is 748 g/mol. The minimum atomic E-state index is -2.73. The van der Waals surface area contributed by atoms with Gasteiger partial charge in [0.25, 0.3) is 0 Å². The SMILES string of the molecule is c1ccc([Si](c2ccccc2)(c2ccccc2)c2cccc(-n3c4ccccc4c4c(-n5c6ccccc6c6c(C7CCCCC7)cccc65)cccc43)c2)cc1. The first-order valence-corrected chi connectivity index (χ1v) is 22.6. The van der Waals surface area contributed by atoms with Crippen LogP contribution in [0.3, 0.4) is 0 Å². The summed E-state index contributed by atoms with van der Waals surface area (Å²) in [5.41, 5.74) is 8.93. The molecule has 8 aromatic carbocycles. The molecule has 2 nitrogen and oxygen atoms in total. The van der Waals surface area contributed by atoms with Crippen molar-refractivity contribution in [3.8, 4) is 11.4 Å². The van der Waals surface area contributed by atoms with E-state index >= 15 is 0 Å². The third kappa shape index (κ3) is 5.30. The lowest BCUT2D eigenvalue weighted by Gasteiger charge is -2.34. The molecule has 57 heavy (non-hydrogen) atoms. The van der Waals surface area contributed by atoms with Crippen LogP contribution >= 0.6 is 0 Å². The van der Waals surface area contributed by atoms with Crippen LogP contribution in [-0.2, 0) is 0 Å². The van der Waals surface area contributed by atoms with Crippen molar-refractivity contribution in [3.05, 3.63) is 206 Å². The first-order valence-electron chi connectivity index (χ1n) is 20.6. The molecule has 3 heteroatoms. The van der Waals surface area contributed by atoms with Gasteiger partial charge < -0.3 is 9.13 Å². The molecule has 1 aliphatic carbocycles. The standard InChI is InChI=1S/C54H44N2Si/c1-5-20-39(21-6-1)45-32-18-35-50-53(45)46-30-13-16-34-49(46)56(50)52-37-19-36-51-54(52)47-31-14-15-33-48(47)55(51)40-22-17-29-44(38-40)57(41-23-7-2-8-24-41,42-25-9-3-10-26-42)43-27-11-4-12-28-43/h2-4,7-19,22-39H,1,5-6,20-21H2. The van der Waals surface area contributed by atoms with Crippen molar-refractivity contribution < 1.29 is 0 Å². The van der Waals surface area contributed by atoms with Gasteiger partial charge in [-0.05, 0) is 87.5 Å². The zero-order valence-corrected chi connectivity index (χ0v) is 33.1. The Balaban J connectivity index is 1.18. The number of aromatic nitrogens is 2. The van der Waals surface area contributed by atoms with E-state index in [0.29, 0.717) is 5.92 Å². The average Bonchev–Trinajstić information content (AvgIpc) is 3.82. The average molecular weight is 749 g/mol. The second-order valence-corrected chi connectivity index (χ2v) is 19.7. The highest BCUT2D eigenvalue weighted by molar-refractivity contribution is 7.19. The van der Waals surface area contributed by atoms with Gasteiger partial charge in [-0.3, -0.25) is 0 Å². The summed E-state index contributed by atoms with van der Waals surface area (Å²) in [5, 5.41) is 10.8. The Hall–Kier alpha value is -6.42. The Kier molecular flexibility index (Phi) is 8.29. The van der Waals surface area contributed by atoms with Gasteiger partial charge in [0.1, 0.15) is 0 Å². The van der Waals surface area contributed by atoms with E-state index < -0.39 is 8.07 Å². The van der Waals surface area contributed by atoms with Crippen molar-refractivity contribution in [2.75, 3.05) is 0 Å². The Morgan fingerprint density at radius 2 is 0.842 bits per heavy atom. The predicted molar refractivity (Wildman–Crippen MR) is 245 cm³/mol. The van der Waals surface area contributed by atoms with Crippen molar-refractivity contribution in [2.24, 2.45) is 0 Å². The molecule has 0 atom stereocenters. The molecule has 11 rings (SSSR count). The summed E-state index contributed by atoms with van der Waals surface area (Å²) in [4.78, 5) is 0. The fourth-order valence-corrected chi connectivity index (χ4v) is 15.3. The highest BCUT2D eigenvalue weighted by Gasteiger charge is 2.41. The number of rotatable bonds is 7. The maximum absolute atomic E-state index is 2.73. The maximum Gasteiger partial charge on any atom is 0.179 e. The van der Waals surface area contributed by atoms with E-state index in [0.717, 1.165) is 0 Å². The molecule has 0 spiro atoms. The number of nitrogens with zero attached hydrogens (tertiary/aromatic N) is 2. The highest BCUT2D eigenvalue weighted by Crippen LogP contribution is 2.43. The molecular weight excluding hydrogens is 705 g/mol. The van der Waals surface area contributed by atoms with Gasteiger partial charge >= 0.3 is 0 Å². The van der Waals surface area contributed by atoms with Crippen LogP contribution < -0.4 is 20.7 Å². The summed E-state index contributed by atoms with van der Waals surface area (Å²) in [5.74, 6) is 0.616. The number of hydrogen-bond acceptors (Lipinski definition) is 0. The molecule has 1 aliphatic rings. The van der Waals surface area contributed by atoms with Gasteiger partial charge in [-0.15, -0.1) is 0 Å². The summed E-state index contributed by atoms with van der Waals surface area (Å²) >= 11 is 0. The lowest BCUT2D eigenvalue weighted by molar-refractivity contribution is 0.445. The summed E-state index contributed by atoms with van der Waals surface area (Å²) in [6.07, 6.45) is 6.57. The largest absolute Gasteiger partial charge is 0.309 e. The lowest BCUT2D eigenvalue weighted by atomic mass is 9.82. The zero-order valence-electron chi connectivity index (χ0n) is 32.1. The fraction of sp³-hybridized carbons (Fsp3) is 0.111. The smallest absolute Gasteiger partial charge is 0.179 e. The molecule has 1 saturated carbocycles. The van der Waals surface area contributed by atoms with Gasteiger partial charge in [-0.2, -0.15) is 0 Å². The van der Waals surface area contributed by atoms with Gasteiger partial charge in [0.15, 0.2) is 8.07 Å². The van der Waals surface area contributed by atoms with Gasteiger partial charge in [0.2, 0.25) is 0 Å². The Bertz CT molecular complexity index is 2950. The maximum atomic E-state index is 2.56. The quantitative estimate of drug-likeness (QED) is 0.113. The Labute approximate surface area is 335 Å². The van der Waals surface area contributed by atoms with E-state index in [9.17, 15) is 0 Å². The van der Waals surface area contributed by atoms with Crippen molar-refractivity contribution >= 4 is 72.4 Å². The van der Waals surface area contributed by atoms with Crippen LogP contribution in [0.25, 0.3) is 55.0 Å². The van der Waals surface area contributed by atoms with E-state index in [1.807, 2.05) is 0 Å². The summed E-state index contributed by atoms with van der Waals surface area (Å²) in [6, 6.07) is 75.2. The molecule has 10 aromatic rings. The first kappa shape index (κ1) is 33.9. The zero-order chi connectivity index (χ0) is 37.8. The van der Waals surface area contributed by atoms with Crippen LogP contribution in [0.15, 0.2) is 200 Å². The predicted octanol–water partition coefficient (Wildman–Crippen LogP) is 11.3. The molecule has 0 saturated heterocycles. The van der Waals surface area contributed by atoms with E-state index in [1.165, 1.54) is 113 Å². The molecule has 0 radical (unpaired) electrons. The topological polar surface area (TPSA) is 9.86 Å². The van der Waals surface area contributed by atoms with E-state index in [1.54, 1.807) is 0 Å². The molecule has 1 fully saturated rings. The third-order valence-corrected chi connectivity index (χ3v) is 17.6.